The quantitative estimate of drug-likeness (QED) is 0.511. The van der Waals surface area contributed by atoms with Gasteiger partial charge in [0.2, 0.25) is 10.9 Å². The zero-order chi connectivity index (χ0) is 21.4. The van der Waals surface area contributed by atoms with E-state index in [1.807, 2.05) is 47.2 Å². The van der Waals surface area contributed by atoms with Crippen molar-refractivity contribution in [3.05, 3.63) is 41.5 Å². The summed E-state index contributed by atoms with van der Waals surface area (Å²) in [5, 5.41) is 9.97. The number of aromatic nitrogens is 5. The summed E-state index contributed by atoms with van der Waals surface area (Å²) in [5.41, 5.74) is 1.91. The summed E-state index contributed by atoms with van der Waals surface area (Å²) in [5.74, 6) is 3.65. The average Bonchev–Trinajstić information content (AvgIpc) is 3.34. The van der Waals surface area contributed by atoms with E-state index in [0.29, 0.717) is 11.8 Å². The number of aryl methyl sites for hydroxylation is 1. The molecule has 31 heavy (non-hydrogen) atoms. The van der Waals surface area contributed by atoms with Gasteiger partial charge >= 0.3 is 0 Å². The number of piperazine rings is 1. The maximum atomic E-state index is 5.51. The molecule has 0 amide bonds. The fraction of sp³-hybridized carbons (Fsp3) is 0.333. The number of thiazole rings is 1. The highest BCUT2D eigenvalue weighted by Gasteiger charge is 2.18. The van der Waals surface area contributed by atoms with E-state index < -0.39 is 0 Å². The monoisotopic (exact) mass is 436 g/mol. The Morgan fingerprint density at radius 1 is 1.06 bits per heavy atom. The summed E-state index contributed by atoms with van der Waals surface area (Å²) < 4.78 is 7.35. The summed E-state index contributed by atoms with van der Waals surface area (Å²) in [7, 11) is 3.82. The van der Waals surface area contributed by atoms with Crippen LogP contribution in [0.4, 0.5) is 17.6 Å². The van der Waals surface area contributed by atoms with Crippen LogP contribution < -0.4 is 15.0 Å². The van der Waals surface area contributed by atoms with Crippen molar-refractivity contribution in [3.8, 4) is 17.0 Å². The third kappa shape index (κ3) is 3.91. The van der Waals surface area contributed by atoms with Crippen molar-refractivity contribution in [2.75, 3.05) is 50.6 Å². The second-order valence-corrected chi connectivity index (χ2v) is 8.36. The number of hydrogen-bond donors (Lipinski definition) is 1. The Kier molecular flexibility index (Phi) is 5.16. The van der Waals surface area contributed by atoms with E-state index in [9.17, 15) is 0 Å². The van der Waals surface area contributed by atoms with E-state index in [1.165, 1.54) is 11.3 Å². The van der Waals surface area contributed by atoms with Crippen LogP contribution in [0.1, 0.15) is 5.82 Å². The van der Waals surface area contributed by atoms with E-state index >= 15 is 0 Å². The summed E-state index contributed by atoms with van der Waals surface area (Å²) in [4.78, 5) is 19.2. The molecule has 1 saturated heterocycles. The standard InChI is InChI=1S/C21H24N8OS/c1-14-22-18(12-19(23-14)28-10-8-27(2)9-11-28)24-20-25-21-29(26-20)16(13-31-21)15-6-4-5-7-17(15)30-3/h4-7,12-13H,8-11H2,1-3H3,(H,22,23,24,26). The minimum Gasteiger partial charge on any atom is -0.496 e. The highest BCUT2D eigenvalue weighted by Crippen LogP contribution is 2.33. The molecular weight excluding hydrogens is 412 g/mol. The van der Waals surface area contributed by atoms with Gasteiger partial charge in [0.15, 0.2) is 0 Å². The smallest absolute Gasteiger partial charge is 0.249 e. The molecule has 0 atom stereocenters. The molecule has 5 rings (SSSR count). The van der Waals surface area contributed by atoms with Gasteiger partial charge in [-0.2, -0.15) is 4.98 Å². The lowest BCUT2D eigenvalue weighted by atomic mass is 10.1. The molecule has 1 fully saturated rings. The van der Waals surface area contributed by atoms with Gasteiger partial charge in [-0.1, -0.05) is 12.1 Å². The van der Waals surface area contributed by atoms with Gasteiger partial charge in [-0.25, -0.2) is 14.5 Å². The number of fused-ring (bicyclic) bond motifs is 1. The molecule has 0 bridgehead atoms. The number of benzene rings is 1. The largest absolute Gasteiger partial charge is 0.496 e. The van der Waals surface area contributed by atoms with E-state index in [2.05, 4.69) is 42.2 Å². The number of nitrogens with one attached hydrogen (secondary N) is 1. The van der Waals surface area contributed by atoms with Crippen LogP contribution >= 0.6 is 11.3 Å². The molecule has 9 nitrogen and oxygen atoms in total. The van der Waals surface area contributed by atoms with E-state index in [0.717, 1.165) is 59.8 Å². The van der Waals surface area contributed by atoms with E-state index in [-0.39, 0.29) is 0 Å². The van der Waals surface area contributed by atoms with Crippen molar-refractivity contribution < 1.29 is 4.74 Å². The molecule has 4 heterocycles. The fourth-order valence-electron chi connectivity index (χ4n) is 3.70. The number of methoxy groups -OCH3 is 1. The fourth-order valence-corrected chi connectivity index (χ4v) is 4.53. The molecule has 0 spiro atoms. The first kappa shape index (κ1) is 19.7. The minimum absolute atomic E-state index is 0.505. The molecule has 0 radical (unpaired) electrons. The van der Waals surface area contributed by atoms with Gasteiger partial charge in [-0.05, 0) is 26.1 Å². The highest BCUT2D eigenvalue weighted by molar-refractivity contribution is 7.15. The van der Waals surface area contributed by atoms with Crippen molar-refractivity contribution >= 4 is 33.9 Å². The highest BCUT2D eigenvalue weighted by atomic mass is 32.1. The summed E-state index contributed by atoms with van der Waals surface area (Å²) in [6.07, 6.45) is 0. The zero-order valence-corrected chi connectivity index (χ0v) is 18.6. The van der Waals surface area contributed by atoms with Crippen molar-refractivity contribution in [1.82, 2.24) is 29.5 Å². The topological polar surface area (TPSA) is 83.7 Å². The van der Waals surface area contributed by atoms with Gasteiger partial charge in [0.1, 0.15) is 23.2 Å². The van der Waals surface area contributed by atoms with E-state index in [4.69, 9.17) is 4.74 Å². The Balaban J connectivity index is 1.43. The third-order valence-corrected chi connectivity index (χ3v) is 6.17. The van der Waals surface area contributed by atoms with Gasteiger partial charge < -0.3 is 19.9 Å². The Bertz CT molecular complexity index is 1210. The van der Waals surface area contributed by atoms with Crippen LogP contribution in [-0.2, 0) is 0 Å². The predicted octanol–water partition coefficient (Wildman–Crippen LogP) is 3.06. The molecule has 3 aromatic heterocycles. The number of likely N-dealkylation sites (N-methyl/N-ethyl adjacent to an activating group) is 1. The zero-order valence-electron chi connectivity index (χ0n) is 17.7. The lowest BCUT2D eigenvalue weighted by Crippen LogP contribution is -2.44. The first-order valence-corrected chi connectivity index (χ1v) is 11.0. The van der Waals surface area contributed by atoms with Gasteiger partial charge in [0.25, 0.3) is 0 Å². The maximum Gasteiger partial charge on any atom is 0.249 e. The summed E-state index contributed by atoms with van der Waals surface area (Å²) in [6.45, 7) is 5.86. The third-order valence-electron chi connectivity index (χ3n) is 5.36. The number of anilines is 3. The first-order chi connectivity index (χ1) is 15.1. The van der Waals surface area contributed by atoms with E-state index in [1.54, 1.807) is 7.11 Å². The van der Waals surface area contributed by atoms with Gasteiger partial charge in [0, 0.05) is 43.2 Å². The maximum absolute atomic E-state index is 5.51. The molecule has 1 aliphatic heterocycles. The number of hydrogen-bond acceptors (Lipinski definition) is 9. The average molecular weight is 437 g/mol. The van der Waals surface area contributed by atoms with Crippen LogP contribution in [0.25, 0.3) is 16.2 Å². The van der Waals surface area contributed by atoms with Crippen molar-refractivity contribution in [1.29, 1.82) is 0 Å². The number of rotatable bonds is 5. The van der Waals surface area contributed by atoms with Gasteiger partial charge in [-0.15, -0.1) is 16.4 Å². The van der Waals surface area contributed by atoms with Crippen LogP contribution in [0.15, 0.2) is 35.7 Å². The Labute approximate surface area is 184 Å². The molecule has 160 valence electrons. The molecule has 4 aromatic rings. The molecule has 1 N–H and O–H groups in total. The molecular formula is C21H24N8OS. The predicted molar refractivity (Wildman–Crippen MR) is 123 cm³/mol. The molecule has 10 heteroatoms. The Morgan fingerprint density at radius 3 is 2.68 bits per heavy atom. The van der Waals surface area contributed by atoms with Crippen LogP contribution in [0.5, 0.6) is 5.75 Å². The van der Waals surface area contributed by atoms with Crippen molar-refractivity contribution in [2.45, 2.75) is 6.92 Å². The van der Waals surface area contributed by atoms with Crippen LogP contribution in [0.2, 0.25) is 0 Å². The number of nitrogens with zero attached hydrogens (tertiary/aromatic N) is 7. The van der Waals surface area contributed by atoms with Crippen LogP contribution in [-0.4, -0.2) is 69.8 Å². The summed E-state index contributed by atoms with van der Waals surface area (Å²) in [6, 6.07) is 9.87. The second kappa shape index (κ2) is 8.12. The molecule has 0 aliphatic carbocycles. The molecule has 0 saturated carbocycles. The Hall–Kier alpha value is -3.24. The number of para-hydroxylation sites is 1. The number of ether oxygens (including phenoxy) is 1. The first-order valence-electron chi connectivity index (χ1n) is 10.1. The second-order valence-electron chi connectivity index (χ2n) is 7.52. The normalized spacial score (nSPS) is 14.9. The SMILES string of the molecule is COc1ccccc1-c1csc2nc(Nc3cc(N4CCN(C)CC4)nc(C)n3)nn12. The molecule has 0 unspecified atom stereocenters. The van der Waals surface area contributed by atoms with Crippen LogP contribution in [0, 0.1) is 6.92 Å². The van der Waals surface area contributed by atoms with Crippen molar-refractivity contribution in [3.63, 3.8) is 0 Å². The lowest BCUT2D eigenvalue weighted by molar-refractivity contribution is 0.312. The minimum atomic E-state index is 0.505. The molecule has 1 aromatic carbocycles. The lowest BCUT2D eigenvalue weighted by Gasteiger charge is -2.33. The molecule has 1 aliphatic rings. The van der Waals surface area contributed by atoms with Gasteiger partial charge in [-0.3, -0.25) is 0 Å². The summed E-state index contributed by atoms with van der Waals surface area (Å²) >= 11 is 1.54. The van der Waals surface area contributed by atoms with Crippen molar-refractivity contribution in [2.24, 2.45) is 0 Å². The van der Waals surface area contributed by atoms with Gasteiger partial charge in [0.05, 0.1) is 12.8 Å². The van der Waals surface area contributed by atoms with Crippen LogP contribution in [0.3, 0.4) is 0 Å². The Morgan fingerprint density at radius 2 is 1.87 bits per heavy atom.